The van der Waals surface area contributed by atoms with Crippen molar-refractivity contribution in [2.24, 2.45) is 11.8 Å². The third-order valence-corrected chi connectivity index (χ3v) is 10.4. The third-order valence-electron chi connectivity index (χ3n) is 6.83. The van der Waals surface area contributed by atoms with Crippen molar-refractivity contribution >= 4 is 26.6 Å². The fourth-order valence-electron chi connectivity index (χ4n) is 5.75. The van der Waals surface area contributed by atoms with E-state index in [9.17, 15) is 28.7 Å². The van der Waals surface area contributed by atoms with Crippen LogP contribution in [0.3, 0.4) is 0 Å². The molecule has 2 aromatic carbocycles. The third kappa shape index (κ3) is 5.45. The molecule has 0 amide bonds. The molecule has 32 heavy (non-hydrogen) atoms. The van der Waals surface area contributed by atoms with Crippen molar-refractivity contribution in [2.45, 2.75) is 48.8 Å². The Morgan fingerprint density at radius 2 is 0.969 bits per heavy atom. The van der Waals surface area contributed by atoms with Crippen LogP contribution in [-0.4, -0.2) is 29.9 Å². The molecule has 8 nitrogen and oxygen atoms in total. The SMILES string of the molecule is Nc1ccccc1.Nc1ccccc1.O=P(O)(O)C12CC3CC(C1)CC(P(=O)(O)O)(C3)C2. The van der Waals surface area contributed by atoms with Crippen LogP contribution in [0.25, 0.3) is 0 Å². The fraction of sp³-hybridized carbons (Fsp3) is 0.455. The van der Waals surface area contributed by atoms with Gasteiger partial charge in [0, 0.05) is 11.4 Å². The van der Waals surface area contributed by atoms with Gasteiger partial charge >= 0.3 is 15.2 Å². The zero-order valence-electron chi connectivity index (χ0n) is 17.8. The summed E-state index contributed by atoms with van der Waals surface area (Å²) in [5.41, 5.74) is 12.4. The molecule has 0 aromatic heterocycles. The van der Waals surface area contributed by atoms with Crippen molar-refractivity contribution in [2.75, 3.05) is 11.5 Å². The van der Waals surface area contributed by atoms with Crippen LogP contribution < -0.4 is 11.5 Å². The highest BCUT2D eigenvalue weighted by Gasteiger charge is 2.68. The smallest absolute Gasteiger partial charge is 0.331 e. The molecule has 4 aliphatic carbocycles. The summed E-state index contributed by atoms with van der Waals surface area (Å²) in [5, 5.41) is -2.34. The average Bonchev–Trinajstić information content (AvgIpc) is 2.68. The number of nitrogens with two attached hydrogens (primary N) is 2. The van der Waals surface area contributed by atoms with E-state index < -0.39 is 25.5 Å². The Hall–Kier alpha value is -1.66. The van der Waals surface area contributed by atoms with Gasteiger partial charge in [-0.15, -0.1) is 0 Å². The van der Waals surface area contributed by atoms with Crippen molar-refractivity contribution in [3.8, 4) is 0 Å². The minimum Gasteiger partial charge on any atom is -0.399 e. The summed E-state index contributed by atoms with van der Waals surface area (Å²) >= 11 is 0. The lowest BCUT2D eigenvalue weighted by Gasteiger charge is -2.61. The Balaban J connectivity index is 0.000000169. The van der Waals surface area contributed by atoms with Crippen molar-refractivity contribution < 1.29 is 28.7 Å². The molecular weight excluding hydrogens is 450 g/mol. The molecule has 8 N–H and O–H groups in total. The first-order valence-corrected chi connectivity index (χ1v) is 13.8. The topological polar surface area (TPSA) is 167 Å². The molecule has 0 heterocycles. The zero-order chi connectivity index (χ0) is 23.6. The first kappa shape index (κ1) is 25.0. The van der Waals surface area contributed by atoms with Crippen LogP contribution >= 0.6 is 15.2 Å². The maximum absolute atomic E-state index is 11.8. The molecule has 4 fully saturated rings. The fourth-order valence-corrected chi connectivity index (χ4v) is 8.88. The van der Waals surface area contributed by atoms with Gasteiger partial charge in [-0.1, -0.05) is 36.4 Å². The van der Waals surface area contributed by atoms with Gasteiger partial charge < -0.3 is 31.0 Å². The molecule has 0 unspecified atom stereocenters. The predicted molar refractivity (Wildman–Crippen MR) is 126 cm³/mol. The summed E-state index contributed by atoms with van der Waals surface area (Å²) in [5.74, 6) is 0.123. The largest absolute Gasteiger partial charge is 0.399 e. The maximum atomic E-state index is 11.8. The molecule has 2 aromatic rings. The Kier molecular flexibility index (Phi) is 7.26. The Bertz CT molecular complexity index is 900. The standard InChI is InChI=1S/C10H18O6P2.2C6H7N/c11-17(12,13)9-2-7-1-8(4-9)5-10(3-7,6-9)18(14,15)16;2*7-6-4-2-1-3-5-6/h7-8H,1-6H2,(H2,11,12,13)(H2,14,15,16);2*1-5H,7H2. The van der Waals surface area contributed by atoms with E-state index >= 15 is 0 Å². The van der Waals surface area contributed by atoms with Crippen molar-refractivity contribution in [1.82, 2.24) is 0 Å². The van der Waals surface area contributed by atoms with E-state index in [4.69, 9.17) is 11.5 Å². The summed E-state index contributed by atoms with van der Waals surface area (Å²) in [7, 11) is -8.64. The van der Waals surface area contributed by atoms with Crippen molar-refractivity contribution in [3.05, 3.63) is 60.7 Å². The molecule has 176 valence electrons. The zero-order valence-corrected chi connectivity index (χ0v) is 19.6. The van der Waals surface area contributed by atoms with E-state index in [1.54, 1.807) is 0 Å². The van der Waals surface area contributed by atoms with Gasteiger partial charge in [-0.3, -0.25) is 9.13 Å². The molecule has 10 heteroatoms. The van der Waals surface area contributed by atoms with E-state index in [0.717, 1.165) is 17.8 Å². The van der Waals surface area contributed by atoms with E-state index in [0.29, 0.717) is 25.7 Å². The summed E-state index contributed by atoms with van der Waals surface area (Å²) in [6.45, 7) is 0. The quantitative estimate of drug-likeness (QED) is 0.276. The number of nitrogen functional groups attached to an aromatic ring is 2. The van der Waals surface area contributed by atoms with Crippen LogP contribution in [-0.2, 0) is 9.13 Å². The van der Waals surface area contributed by atoms with Gasteiger partial charge in [0.2, 0.25) is 0 Å². The van der Waals surface area contributed by atoms with Crippen LogP contribution in [0.5, 0.6) is 0 Å². The second-order valence-electron chi connectivity index (χ2n) is 9.32. The molecular formula is C22H32N2O6P2. The molecule has 4 aliphatic rings. The van der Waals surface area contributed by atoms with E-state index in [1.165, 1.54) is 0 Å². The van der Waals surface area contributed by atoms with Crippen LogP contribution in [0.4, 0.5) is 11.4 Å². The van der Waals surface area contributed by atoms with Crippen LogP contribution in [0.15, 0.2) is 60.7 Å². The van der Waals surface area contributed by atoms with Gasteiger partial charge in [-0.05, 0) is 74.6 Å². The molecule has 0 atom stereocenters. The summed E-state index contributed by atoms with van der Waals surface area (Å²) in [6, 6.07) is 19.0. The maximum Gasteiger partial charge on any atom is 0.331 e. The Labute approximate surface area is 188 Å². The first-order chi connectivity index (χ1) is 14.9. The summed E-state index contributed by atoms with van der Waals surface area (Å²) in [4.78, 5) is 38.5. The number of rotatable bonds is 2. The van der Waals surface area contributed by atoms with Crippen LogP contribution in [0.2, 0.25) is 0 Å². The highest BCUT2D eigenvalue weighted by molar-refractivity contribution is 7.55. The average molecular weight is 482 g/mol. The first-order valence-electron chi connectivity index (χ1n) is 10.6. The number of hydrogen-bond donors (Lipinski definition) is 6. The molecule has 4 saturated carbocycles. The van der Waals surface area contributed by atoms with E-state index in [1.807, 2.05) is 60.7 Å². The number of anilines is 2. The normalized spacial score (nSPS) is 30.5. The Morgan fingerprint density at radius 1 is 0.656 bits per heavy atom. The highest BCUT2D eigenvalue weighted by atomic mass is 31.2. The van der Waals surface area contributed by atoms with Gasteiger partial charge in [0.15, 0.2) is 0 Å². The Morgan fingerprint density at radius 3 is 1.19 bits per heavy atom. The molecule has 4 bridgehead atoms. The molecule has 0 radical (unpaired) electrons. The minimum absolute atomic E-state index is 0.0123. The van der Waals surface area contributed by atoms with E-state index in [2.05, 4.69) is 0 Å². The second kappa shape index (κ2) is 9.30. The number of benzene rings is 2. The second-order valence-corrected chi connectivity index (χ2v) is 13.4. The molecule has 0 spiro atoms. The lowest BCUT2D eigenvalue weighted by molar-refractivity contribution is 0.0256. The highest BCUT2D eigenvalue weighted by Crippen LogP contribution is 2.76. The minimum atomic E-state index is -4.32. The van der Waals surface area contributed by atoms with Crippen molar-refractivity contribution in [1.29, 1.82) is 0 Å². The van der Waals surface area contributed by atoms with Gasteiger partial charge in [0.1, 0.15) is 0 Å². The summed E-state index contributed by atoms with van der Waals surface area (Å²) < 4.78 is 23.6. The van der Waals surface area contributed by atoms with Crippen LogP contribution in [0.1, 0.15) is 38.5 Å². The lowest BCUT2D eigenvalue weighted by atomic mass is 9.55. The predicted octanol–water partition coefficient (Wildman–Crippen LogP) is 3.97. The van der Waals surface area contributed by atoms with E-state index in [-0.39, 0.29) is 18.3 Å². The van der Waals surface area contributed by atoms with Crippen molar-refractivity contribution in [3.63, 3.8) is 0 Å². The number of para-hydroxylation sites is 2. The molecule has 0 aliphatic heterocycles. The monoisotopic (exact) mass is 482 g/mol. The van der Waals surface area contributed by atoms with Gasteiger partial charge in [-0.2, -0.15) is 0 Å². The molecule has 6 rings (SSSR count). The molecule has 0 saturated heterocycles. The lowest BCUT2D eigenvalue weighted by Crippen LogP contribution is -2.58. The van der Waals surface area contributed by atoms with Crippen LogP contribution in [0, 0.1) is 11.8 Å². The van der Waals surface area contributed by atoms with Gasteiger partial charge in [0.05, 0.1) is 10.3 Å². The number of hydrogen-bond acceptors (Lipinski definition) is 4. The van der Waals surface area contributed by atoms with Gasteiger partial charge in [0.25, 0.3) is 0 Å². The summed E-state index contributed by atoms with van der Waals surface area (Å²) in [6.07, 6.45) is 2.56. The van der Waals surface area contributed by atoms with Gasteiger partial charge in [-0.25, -0.2) is 0 Å².